The van der Waals surface area contributed by atoms with Crippen molar-refractivity contribution in [3.05, 3.63) is 59.2 Å². The van der Waals surface area contributed by atoms with Gasteiger partial charge in [-0.2, -0.15) is 0 Å². The molecule has 3 aliphatic rings. The monoisotopic (exact) mass is 391 g/mol. The minimum Gasteiger partial charge on any atom is -0.487 e. The van der Waals surface area contributed by atoms with Crippen LogP contribution < -0.4 is 9.47 Å². The molecule has 1 saturated heterocycles. The number of hydrogen-bond donors (Lipinski definition) is 0. The van der Waals surface area contributed by atoms with Crippen LogP contribution in [0.5, 0.6) is 11.5 Å². The summed E-state index contributed by atoms with van der Waals surface area (Å²) < 4.78 is 12.7. The summed E-state index contributed by atoms with van der Waals surface area (Å²) >= 11 is 0. The Morgan fingerprint density at radius 2 is 1.72 bits per heavy atom. The molecule has 1 fully saturated rings. The summed E-state index contributed by atoms with van der Waals surface area (Å²) in [5, 5.41) is 0. The summed E-state index contributed by atoms with van der Waals surface area (Å²) in [6, 6.07) is 14.6. The molecule has 2 aromatic rings. The Morgan fingerprint density at radius 3 is 2.48 bits per heavy atom. The molecule has 0 atom stereocenters. The van der Waals surface area contributed by atoms with Crippen LogP contribution in [0.1, 0.15) is 61.0 Å². The zero-order valence-corrected chi connectivity index (χ0v) is 17.4. The van der Waals surface area contributed by atoms with Gasteiger partial charge in [-0.15, -0.1) is 0 Å². The van der Waals surface area contributed by atoms with Crippen LogP contribution in [0.25, 0.3) is 0 Å². The van der Waals surface area contributed by atoms with Crippen molar-refractivity contribution in [2.75, 3.05) is 13.1 Å². The van der Waals surface area contributed by atoms with E-state index in [-0.39, 0.29) is 17.0 Å². The summed E-state index contributed by atoms with van der Waals surface area (Å²) in [6.45, 7) is 7.09. The number of carbonyl (C=O) groups is 1. The second-order valence-corrected chi connectivity index (χ2v) is 9.46. The first-order valence-corrected chi connectivity index (χ1v) is 10.8. The van der Waals surface area contributed by atoms with Crippen molar-refractivity contribution in [1.29, 1.82) is 0 Å². The highest BCUT2D eigenvalue weighted by Gasteiger charge is 2.43. The van der Waals surface area contributed by atoms with Gasteiger partial charge in [0.05, 0.1) is 12.0 Å². The Balaban J connectivity index is 1.33. The summed E-state index contributed by atoms with van der Waals surface area (Å²) in [5.41, 5.74) is 2.68. The fourth-order valence-corrected chi connectivity index (χ4v) is 4.88. The second-order valence-electron chi connectivity index (χ2n) is 9.46. The van der Waals surface area contributed by atoms with E-state index >= 15 is 0 Å². The largest absolute Gasteiger partial charge is 0.487 e. The smallest absolute Gasteiger partial charge is 0.170 e. The fourth-order valence-electron chi connectivity index (χ4n) is 4.88. The van der Waals surface area contributed by atoms with Crippen LogP contribution in [0.15, 0.2) is 42.5 Å². The molecule has 4 nitrogen and oxygen atoms in total. The van der Waals surface area contributed by atoms with Gasteiger partial charge >= 0.3 is 0 Å². The van der Waals surface area contributed by atoms with Crippen molar-refractivity contribution in [2.24, 2.45) is 0 Å². The minimum absolute atomic E-state index is 0.166. The van der Waals surface area contributed by atoms with E-state index in [1.165, 1.54) is 5.56 Å². The van der Waals surface area contributed by atoms with Crippen molar-refractivity contribution in [2.45, 2.75) is 63.7 Å². The van der Waals surface area contributed by atoms with Gasteiger partial charge in [-0.3, -0.25) is 9.69 Å². The average Bonchev–Trinajstić information content (AvgIpc) is 2.69. The van der Waals surface area contributed by atoms with Crippen LogP contribution in [0, 0.1) is 0 Å². The number of carbonyl (C=O) groups excluding carboxylic acids is 1. The predicted molar refractivity (Wildman–Crippen MR) is 113 cm³/mol. The lowest BCUT2D eigenvalue weighted by Crippen LogP contribution is -2.50. The van der Waals surface area contributed by atoms with Crippen molar-refractivity contribution in [3.8, 4) is 11.5 Å². The topological polar surface area (TPSA) is 38.8 Å². The lowest BCUT2D eigenvalue weighted by atomic mass is 9.81. The third-order valence-electron chi connectivity index (χ3n) is 6.67. The molecule has 0 aromatic heterocycles. The van der Waals surface area contributed by atoms with E-state index in [0.717, 1.165) is 62.2 Å². The van der Waals surface area contributed by atoms with Gasteiger partial charge in [0.25, 0.3) is 0 Å². The van der Waals surface area contributed by atoms with Crippen LogP contribution in [-0.2, 0) is 13.0 Å². The predicted octanol–water partition coefficient (Wildman–Crippen LogP) is 4.79. The molecule has 3 aliphatic heterocycles. The number of ether oxygens (including phenoxy) is 2. The van der Waals surface area contributed by atoms with Gasteiger partial charge in [0.1, 0.15) is 22.7 Å². The molecule has 0 amide bonds. The van der Waals surface area contributed by atoms with Gasteiger partial charge in [-0.05, 0) is 43.9 Å². The normalized spacial score (nSPS) is 22.3. The third kappa shape index (κ3) is 3.66. The molecule has 1 spiro atoms. The maximum absolute atomic E-state index is 13.0. The van der Waals surface area contributed by atoms with E-state index in [1.54, 1.807) is 0 Å². The molecule has 29 heavy (non-hydrogen) atoms. The highest BCUT2D eigenvalue weighted by atomic mass is 16.5. The Bertz CT molecular complexity index is 927. The number of fused-ring (bicyclic) bond motifs is 2. The zero-order chi connectivity index (χ0) is 20.1. The molecule has 152 valence electrons. The molecular weight excluding hydrogens is 362 g/mol. The molecule has 4 heteroatoms. The summed E-state index contributed by atoms with van der Waals surface area (Å²) in [5.74, 6) is 1.82. The second kappa shape index (κ2) is 6.88. The molecule has 0 bridgehead atoms. The number of piperidine rings is 1. The minimum atomic E-state index is -0.365. The highest BCUT2D eigenvalue weighted by molar-refractivity contribution is 6.01. The lowest BCUT2D eigenvalue weighted by Gasteiger charge is -2.44. The molecule has 0 radical (unpaired) electrons. The Kier molecular flexibility index (Phi) is 4.43. The van der Waals surface area contributed by atoms with E-state index in [0.29, 0.717) is 12.2 Å². The van der Waals surface area contributed by atoms with Crippen molar-refractivity contribution >= 4 is 5.78 Å². The average molecular weight is 392 g/mol. The summed E-state index contributed by atoms with van der Waals surface area (Å²) in [4.78, 5) is 15.5. The molecule has 0 unspecified atom stereocenters. The molecule has 0 N–H and O–H groups in total. The van der Waals surface area contributed by atoms with Crippen LogP contribution >= 0.6 is 0 Å². The van der Waals surface area contributed by atoms with Crippen molar-refractivity contribution < 1.29 is 14.3 Å². The van der Waals surface area contributed by atoms with Crippen LogP contribution in [-0.4, -0.2) is 35.0 Å². The number of hydrogen-bond acceptors (Lipinski definition) is 4. The molecule has 0 saturated carbocycles. The quantitative estimate of drug-likeness (QED) is 0.738. The van der Waals surface area contributed by atoms with E-state index in [1.807, 2.05) is 12.1 Å². The Hall–Kier alpha value is -2.33. The number of nitrogens with zero attached hydrogens (tertiary/aromatic N) is 1. The molecule has 3 heterocycles. The number of aryl methyl sites for hydroxylation is 1. The van der Waals surface area contributed by atoms with Gasteiger partial charge in [0.2, 0.25) is 0 Å². The van der Waals surface area contributed by atoms with Gasteiger partial charge in [0.15, 0.2) is 5.78 Å². The number of benzene rings is 2. The summed E-state index contributed by atoms with van der Waals surface area (Å²) in [6.07, 6.45) is 4.17. The number of likely N-dealkylation sites (tertiary alicyclic amines) is 1. The van der Waals surface area contributed by atoms with Crippen molar-refractivity contribution in [3.63, 3.8) is 0 Å². The first-order valence-electron chi connectivity index (χ1n) is 10.8. The van der Waals surface area contributed by atoms with Gasteiger partial charge < -0.3 is 9.47 Å². The van der Waals surface area contributed by atoms with E-state index in [4.69, 9.17) is 9.47 Å². The van der Waals surface area contributed by atoms with E-state index in [2.05, 4.69) is 49.1 Å². The molecular formula is C25H29NO3. The highest BCUT2D eigenvalue weighted by Crippen LogP contribution is 2.44. The van der Waals surface area contributed by atoms with E-state index < -0.39 is 0 Å². The lowest BCUT2D eigenvalue weighted by molar-refractivity contribution is -0.0113. The SMILES string of the molecule is CC1(C)CCc2cc3c(cc2O1)OC1(CCN(Cc2ccccc2)CC1)CC3=O. The maximum atomic E-state index is 13.0. The third-order valence-corrected chi connectivity index (χ3v) is 6.67. The Morgan fingerprint density at radius 1 is 0.966 bits per heavy atom. The standard InChI is InChI=1S/C25H29NO3/c1-24(2)9-8-19-14-20-21(27)16-25(29-23(20)15-22(19)28-24)10-12-26(13-11-25)17-18-6-4-3-5-7-18/h3-7,14-15H,8-13,16-17H2,1-2H3. The molecule has 2 aromatic carbocycles. The summed E-state index contributed by atoms with van der Waals surface area (Å²) in [7, 11) is 0. The molecule has 0 aliphatic carbocycles. The number of rotatable bonds is 2. The maximum Gasteiger partial charge on any atom is 0.170 e. The van der Waals surface area contributed by atoms with Gasteiger partial charge in [0, 0.05) is 38.5 Å². The number of Topliss-reactive ketones (excluding diaryl/α,β-unsaturated/α-hetero) is 1. The zero-order valence-electron chi connectivity index (χ0n) is 17.4. The van der Waals surface area contributed by atoms with Gasteiger partial charge in [-0.25, -0.2) is 0 Å². The molecule has 5 rings (SSSR count). The first kappa shape index (κ1) is 18.7. The van der Waals surface area contributed by atoms with Crippen LogP contribution in [0.3, 0.4) is 0 Å². The van der Waals surface area contributed by atoms with Crippen molar-refractivity contribution in [1.82, 2.24) is 4.90 Å². The first-order chi connectivity index (χ1) is 13.9. The fraction of sp³-hybridized carbons (Fsp3) is 0.480. The number of ketones is 1. The van der Waals surface area contributed by atoms with Gasteiger partial charge in [-0.1, -0.05) is 30.3 Å². The van der Waals surface area contributed by atoms with Crippen LogP contribution in [0.2, 0.25) is 0 Å². The van der Waals surface area contributed by atoms with Crippen LogP contribution in [0.4, 0.5) is 0 Å². The van der Waals surface area contributed by atoms with E-state index in [9.17, 15) is 4.79 Å². The Labute approximate surface area is 172 Å².